The van der Waals surface area contributed by atoms with Gasteiger partial charge in [0, 0.05) is 19.1 Å². The first-order valence-corrected chi connectivity index (χ1v) is 12.7. The number of aryl methyl sites for hydroxylation is 1. The highest BCUT2D eigenvalue weighted by Crippen LogP contribution is 2.28. The van der Waals surface area contributed by atoms with Crippen LogP contribution in [0.15, 0.2) is 11.1 Å². The zero-order valence-corrected chi connectivity index (χ0v) is 20.2. The van der Waals surface area contributed by atoms with Crippen molar-refractivity contribution in [2.75, 3.05) is 13.1 Å². The topological polar surface area (TPSA) is 84.3 Å². The van der Waals surface area contributed by atoms with Gasteiger partial charge < -0.3 is 10.2 Å². The second-order valence-electron chi connectivity index (χ2n) is 9.82. The molecule has 2 amide bonds. The fraction of sp³-hybridized carbons (Fsp3) is 0.667. The molecule has 0 unspecified atom stereocenters. The Hall–Kier alpha value is -2.22. The van der Waals surface area contributed by atoms with Crippen molar-refractivity contribution in [3.63, 3.8) is 0 Å². The molecule has 4 rings (SSSR count). The van der Waals surface area contributed by atoms with E-state index in [4.69, 9.17) is 0 Å². The number of nitrogens with zero attached hydrogens (tertiary/aromatic N) is 3. The first kappa shape index (κ1) is 23.0. The number of hydrogen-bond acceptors (Lipinski definition) is 5. The minimum Gasteiger partial charge on any atom is -0.349 e. The van der Waals surface area contributed by atoms with Gasteiger partial charge in [-0.1, -0.05) is 39.5 Å². The molecule has 2 atom stereocenters. The number of fused-ring (bicyclic) bond motifs is 1. The quantitative estimate of drug-likeness (QED) is 0.708. The summed E-state index contributed by atoms with van der Waals surface area (Å²) >= 11 is 1.26. The van der Waals surface area contributed by atoms with E-state index in [9.17, 15) is 14.4 Å². The predicted molar refractivity (Wildman–Crippen MR) is 127 cm³/mol. The molecule has 1 N–H and O–H groups in total. The molecule has 0 radical (unpaired) electrons. The lowest BCUT2D eigenvalue weighted by molar-refractivity contribution is -0.134. The maximum absolute atomic E-state index is 13.2. The Balaban J connectivity index is 1.53. The molecule has 2 aromatic heterocycles. The van der Waals surface area contributed by atoms with E-state index in [0.717, 1.165) is 45.2 Å². The third-order valence-electron chi connectivity index (χ3n) is 6.84. The van der Waals surface area contributed by atoms with Gasteiger partial charge in [-0.2, -0.15) is 0 Å². The molecular weight excluding hydrogens is 424 g/mol. The summed E-state index contributed by atoms with van der Waals surface area (Å²) in [5, 5.41) is 3.62. The highest BCUT2D eigenvalue weighted by atomic mass is 32.1. The van der Waals surface area contributed by atoms with Crippen molar-refractivity contribution in [2.45, 2.75) is 78.3 Å². The zero-order chi connectivity index (χ0) is 22.8. The van der Waals surface area contributed by atoms with Crippen LogP contribution < -0.4 is 10.9 Å². The summed E-state index contributed by atoms with van der Waals surface area (Å²) in [6, 6.07) is 0.200. The third kappa shape index (κ3) is 4.90. The number of thiophene rings is 1. The van der Waals surface area contributed by atoms with Gasteiger partial charge in [-0.25, -0.2) is 4.98 Å². The largest absolute Gasteiger partial charge is 0.349 e. The minimum atomic E-state index is -0.247. The molecular formula is C24H34N4O3S. The van der Waals surface area contributed by atoms with E-state index in [1.165, 1.54) is 35.1 Å². The summed E-state index contributed by atoms with van der Waals surface area (Å²) in [7, 11) is 0. The Bertz CT molecular complexity index is 1040. The molecule has 0 spiro atoms. The Morgan fingerprint density at radius 2 is 1.78 bits per heavy atom. The second-order valence-corrected chi connectivity index (χ2v) is 10.8. The molecule has 7 nitrogen and oxygen atoms in total. The van der Waals surface area contributed by atoms with E-state index in [0.29, 0.717) is 32.5 Å². The maximum atomic E-state index is 13.2. The highest BCUT2D eigenvalue weighted by molar-refractivity contribution is 7.20. The normalized spacial score (nSPS) is 22.7. The van der Waals surface area contributed by atoms with E-state index in [2.05, 4.69) is 24.1 Å². The molecule has 0 bridgehead atoms. The van der Waals surface area contributed by atoms with Gasteiger partial charge in [0.25, 0.3) is 11.5 Å². The average molecular weight is 459 g/mol. The number of carbonyl (C=O) groups excluding carboxylic acids is 2. The number of piperidine rings is 1. The first-order chi connectivity index (χ1) is 15.3. The van der Waals surface area contributed by atoms with E-state index in [1.54, 1.807) is 0 Å². The van der Waals surface area contributed by atoms with Crippen LogP contribution >= 0.6 is 11.3 Å². The lowest BCUT2D eigenvalue weighted by Crippen LogP contribution is -2.44. The fourth-order valence-corrected chi connectivity index (χ4v) is 6.32. The van der Waals surface area contributed by atoms with Crippen LogP contribution in [0, 0.1) is 18.8 Å². The Morgan fingerprint density at radius 1 is 1.12 bits per heavy atom. The van der Waals surface area contributed by atoms with Crippen LogP contribution in [-0.2, 0) is 11.3 Å². The Morgan fingerprint density at radius 3 is 2.44 bits per heavy atom. The van der Waals surface area contributed by atoms with Gasteiger partial charge >= 0.3 is 0 Å². The van der Waals surface area contributed by atoms with Gasteiger partial charge in [0.2, 0.25) is 5.91 Å². The number of carbonyl (C=O) groups is 2. The van der Waals surface area contributed by atoms with Gasteiger partial charge in [0.05, 0.1) is 16.6 Å². The van der Waals surface area contributed by atoms with E-state index in [1.807, 2.05) is 11.8 Å². The summed E-state index contributed by atoms with van der Waals surface area (Å²) in [6.07, 6.45) is 9.33. The van der Waals surface area contributed by atoms with Gasteiger partial charge in [-0.3, -0.25) is 19.0 Å². The molecule has 32 heavy (non-hydrogen) atoms. The SMILES string of the molecule is Cc1c(C(=O)NC2CCCCCC2)sc2ncn(CC(=O)N3C[C@H](C)C[C@H](C)C3)c(=O)c12. The van der Waals surface area contributed by atoms with Gasteiger partial charge in [0.15, 0.2) is 0 Å². The maximum Gasteiger partial charge on any atom is 0.262 e. The van der Waals surface area contributed by atoms with Crippen molar-refractivity contribution in [3.05, 3.63) is 27.1 Å². The molecule has 1 saturated heterocycles. The monoisotopic (exact) mass is 458 g/mol. The molecule has 0 aromatic carbocycles. The van der Waals surface area contributed by atoms with Crippen molar-refractivity contribution in [1.82, 2.24) is 19.8 Å². The molecule has 1 aliphatic carbocycles. The van der Waals surface area contributed by atoms with Crippen LogP contribution in [0.1, 0.15) is 74.0 Å². The first-order valence-electron chi connectivity index (χ1n) is 11.9. The average Bonchev–Trinajstić information content (AvgIpc) is 2.90. The summed E-state index contributed by atoms with van der Waals surface area (Å²) in [6.45, 7) is 7.58. The van der Waals surface area contributed by atoms with Crippen LogP contribution in [0.5, 0.6) is 0 Å². The van der Waals surface area contributed by atoms with Crippen molar-refractivity contribution in [2.24, 2.45) is 11.8 Å². The molecule has 8 heteroatoms. The van der Waals surface area contributed by atoms with Crippen LogP contribution in [-0.4, -0.2) is 45.4 Å². The van der Waals surface area contributed by atoms with Crippen molar-refractivity contribution in [3.8, 4) is 0 Å². The van der Waals surface area contributed by atoms with E-state index in [-0.39, 0.29) is 30.0 Å². The molecule has 3 heterocycles. The van der Waals surface area contributed by atoms with Crippen LogP contribution in [0.2, 0.25) is 0 Å². The number of hydrogen-bond donors (Lipinski definition) is 1. The van der Waals surface area contributed by atoms with E-state index < -0.39 is 0 Å². The van der Waals surface area contributed by atoms with Crippen molar-refractivity contribution >= 4 is 33.4 Å². The van der Waals surface area contributed by atoms with Gasteiger partial charge in [-0.05, 0) is 43.6 Å². The number of amides is 2. The zero-order valence-electron chi connectivity index (χ0n) is 19.4. The summed E-state index contributed by atoms with van der Waals surface area (Å²) < 4.78 is 1.39. The highest BCUT2D eigenvalue weighted by Gasteiger charge is 2.27. The summed E-state index contributed by atoms with van der Waals surface area (Å²) in [5.74, 6) is 0.768. The van der Waals surface area contributed by atoms with Gasteiger partial charge in [-0.15, -0.1) is 11.3 Å². The molecule has 2 aromatic rings. The van der Waals surface area contributed by atoms with Crippen molar-refractivity contribution in [1.29, 1.82) is 0 Å². The van der Waals surface area contributed by atoms with Crippen LogP contribution in [0.25, 0.3) is 10.2 Å². The molecule has 1 aliphatic heterocycles. The van der Waals surface area contributed by atoms with Crippen LogP contribution in [0.4, 0.5) is 0 Å². The number of rotatable bonds is 4. The number of nitrogens with one attached hydrogen (secondary N) is 1. The van der Waals surface area contributed by atoms with E-state index >= 15 is 0 Å². The summed E-state index contributed by atoms with van der Waals surface area (Å²) in [5.41, 5.74) is 0.416. The van der Waals surface area contributed by atoms with Gasteiger partial charge in [0.1, 0.15) is 11.4 Å². The molecule has 174 valence electrons. The third-order valence-corrected chi connectivity index (χ3v) is 8.04. The predicted octanol–water partition coefficient (Wildman–Crippen LogP) is 3.72. The minimum absolute atomic E-state index is 0.0138. The standard InChI is InChI=1S/C24H34N4O3S/c1-15-10-16(2)12-27(11-15)19(29)13-28-14-25-23-20(24(28)31)17(3)21(32-23)22(30)26-18-8-6-4-5-7-9-18/h14-16,18H,4-13H2,1-3H3,(H,26,30)/t15-,16+. The Kier molecular flexibility index (Phi) is 6.98. The van der Waals surface area contributed by atoms with Crippen LogP contribution in [0.3, 0.4) is 0 Å². The lowest BCUT2D eigenvalue weighted by Gasteiger charge is -2.35. The smallest absolute Gasteiger partial charge is 0.262 e. The summed E-state index contributed by atoms with van der Waals surface area (Å²) in [4.78, 5) is 46.4. The fourth-order valence-electron chi connectivity index (χ4n) is 5.28. The number of aromatic nitrogens is 2. The number of likely N-dealkylation sites (tertiary alicyclic amines) is 1. The molecule has 2 fully saturated rings. The molecule has 2 aliphatic rings. The Labute approximate surface area is 193 Å². The second kappa shape index (κ2) is 9.73. The molecule has 1 saturated carbocycles. The lowest BCUT2D eigenvalue weighted by atomic mass is 9.92. The van der Waals surface area contributed by atoms with Crippen molar-refractivity contribution < 1.29 is 9.59 Å².